The molecular formula is C10H13ClO3S. The molecular weight excluding hydrogens is 236 g/mol. The van der Waals surface area contributed by atoms with E-state index in [2.05, 4.69) is 0 Å². The summed E-state index contributed by atoms with van der Waals surface area (Å²) in [6.45, 7) is 4.02. The quantitative estimate of drug-likeness (QED) is 0.773. The average Bonchev–Trinajstić information content (AvgIpc) is 1.99. The molecule has 0 aliphatic carbocycles. The molecule has 0 unspecified atom stereocenters. The fraction of sp³-hybridized carbons (Fsp3) is 0.400. The summed E-state index contributed by atoms with van der Waals surface area (Å²) in [6, 6.07) is 4.88. The Labute approximate surface area is 95.1 Å². The SMILES string of the molecule is CC(C)c1ccc(OS(C)(=O)=O)cc1Cl. The lowest BCUT2D eigenvalue weighted by atomic mass is 10.0. The number of halogens is 1. The van der Waals surface area contributed by atoms with Gasteiger partial charge in [0.2, 0.25) is 0 Å². The minimum Gasteiger partial charge on any atom is -0.383 e. The van der Waals surface area contributed by atoms with Crippen molar-refractivity contribution in [2.24, 2.45) is 0 Å². The lowest BCUT2D eigenvalue weighted by Crippen LogP contribution is -2.05. The monoisotopic (exact) mass is 248 g/mol. The average molecular weight is 249 g/mol. The van der Waals surface area contributed by atoms with Crippen molar-refractivity contribution in [2.45, 2.75) is 19.8 Å². The molecule has 0 aromatic heterocycles. The van der Waals surface area contributed by atoms with Crippen molar-refractivity contribution in [3.63, 3.8) is 0 Å². The highest BCUT2D eigenvalue weighted by Gasteiger charge is 2.09. The first-order valence-corrected chi connectivity index (χ1v) is 6.68. The molecule has 0 bridgehead atoms. The fourth-order valence-electron chi connectivity index (χ4n) is 1.20. The van der Waals surface area contributed by atoms with Crippen LogP contribution in [0.2, 0.25) is 5.02 Å². The van der Waals surface area contributed by atoms with Gasteiger partial charge in [-0.3, -0.25) is 0 Å². The number of rotatable bonds is 3. The number of hydrogen-bond acceptors (Lipinski definition) is 3. The third-order valence-electron chi connectivity index (χ3n) is 1.84. The second-order valence-corrected chi connectivity index (χ2v) is 5.61. The van der Waals surface area contributed by atoms with Gasteiger partial charge >= 0.3 is 10.1 Å². The van der Waals surface area contributed by atoms with Crippen molar-refractivity contribution in [2.75, 3.05) is 6.26 Å². The zero-order chi connectivity index (χ0) is 11.6. The van der Waals surface area contributed by atoms with E-state index in [1.165, 1.54) is 6.07 Å². The van der Waals surface area contributed by atoms with Gasteiger partial charge in [-0.15, -0.1) is 0 Å². The Morgan fingerprint density at radius 1 is 1.33 bits per heavy atom. The summed E-state index contributed by atoms with van der Waals surface area (Å²) in [6.07, 6.45) is 0.997. The predicted molar refractivity (Wildman–Crippen MR) is 61.0 cm³/mol. The van der Waals surface area contributed by atoms with Crippen LogP contribution in [0.3, 0.4) is 0 Å². The van der Waals surface area contributed by atoms with Crippen LogP contribution < -0.4 is 4.18 Å². The standard InChI is InChI=1S/C10H13ClO3S/c1-7(2)9-5-4-8(6-10(9)11)14-15(3,12)13/h4-7H,1-3H3. The first-order chi connectivity index (χ1) is 6.79. The summed E-state index contributed by atoms with van der Waals surface area (Å²) >= 11 is 5.98. The fourth-order valence-corrected chi connectivity index (χ4v) is 2.04. The molecule has 0 radical (unpaired) electrons. The summed E-state index contributed by atoms with van der Waals surface area (Å²) in [5.41, 5.74) is 0.970. The van der Waals surface area contributed by atoms with Gasteiger partial charge in [0.25, 0.3) is 0 Å². The molecule has 1 aromatic carbocycles. The summed E-state index contributed by atoms with van der Waals surface area (Å²) in [7, 11) is -3.49. The first-order valence-electron chi connectivity index (χ1n) is 4.48. The molecule has 1 rings (SSSR count). The van der Waals surface area contributed by atoms with E-state index < -0.39 is 10.1 Å². The van der Waals surface area contributed by atoms with Crippen molar-refractivity contribution in [3.8, 4) is 5.75 Å². The van der Waals surface area contributed by atoms with Crippen LogP contribution in [0.4, 0.5) is 0 Å². The Bertz CT molecular complexity index is 452. The third-order valence-corrected chi connectivity index (χ3v) is 2.66. The Morgan fingerprint density at radius 2 is 1.93 bits per heavy atom. The number of hydrogen-bond donors (Lipinski definition) is 0. The zero-order valence-electron chi connectivity index (χ0n) is 8.82. The maximum atomic E-state index is 10.9. The molecule has 1 aromatic rings. The molecule has 5 heteroatoms. The summed E-state index contributed by atoms with van der Waals surface area (Å²) in [5, 5.41) is 0.520. The van der Waals surface area contributed by atoms with Crippen LogP contribution in [0, 0.1) is 0 Å². The van der Waals surface area contributed by atoms with E-state index in [1.54, 1.807) is 12.1 Å². The van der Waals surface area contributed by atoms with E-state index in [9.17, 15) is 8.42 Å². The summed E-state index contributed by atoms with van der Waals surface area (Å²) in [5.74, 6) is 0.539. The van der Waals surface area contributed by atoms with Crippen LogP contribution in [0.25, 0.3) is 0 Å². The van der Waals surface area contributed by atoms with Crippen LogP contribution in [0.1, 0.15) is 25.3 Å². The second-order valence-electron chi connectivity index (χ2n) is 3.63. The molecule has 0 atom stereocenters. The topological polar surface area (TPSA) is 43.4 Å². The van der Waals surface area contributed by atoms with Crippen molar-refractivity contribution < 1.29 is 12.6 Å². The Balaban J connectivity index is 3.02. The Hall–Kier alpha value is -0.740. The van der Waals surface area contributed by atoms with Crippen LogP contribution >= 0.6 is 11.6 Å². The maximum absolute atomic E-state index is 10.9. The Kier molecular flexibility index (Phi) is 3.62. The van der Waals surface area contributed by atoms with Gasteiger partial charge in [0, 0.05) is 11.1 Å². The van der Waals surface area contributed by atoms with Gasteiger partial charge in [0.15, 0.2) is 0 Å². The zero-order valence-corrected chi connectivity index (χ0v) is 10.4. The molecule has 0 amide bonds. The summed E-state index contributed by atoms with van der Waals surface area (Å²) < 4.78 is 26.4. The minimum absolute atomic E-state index is 0.243. The Morgan fingerprint density at radius 3 is 2.33 bits per heavy atom. The van der Waals surface area contributed by atoms with Gasteiger partial charge < -0.3 is 4.18 Å². The lowest BCUT2D eigenvalue weighted by Gasteiger charge is -2.09. The lowest BCUT2D eigenvalue weighted by molar-refractivity contribution is 0.493. The highest BCUT2D eigenvalue weighted by molar-refractivity contribution is 7.86. The molecule has 0 spiro atoms. The predicted octanol–water partition coefficient (Wildman–Crippen LogP) is 2.80. The van der Waals surface area contributed by atoms with E-state index in [4.69, 9.17) is 15.8 Å². The van der Waals surface area contributed by atoms with E-state index in [0.29, 0.717) is 10.9 Å². The molecule has 15 heavy (non-hydrogen) atoms. The normalized spacial score (nSPS) is 11.8. The van der Waals surface area contributed by atoms with Gasteiger partial charge in [0.1, 0.15) is 5.75 Å². The largest absolute Gasteiger partial charge is 0.383 e. The first kappa shape index (κ1) is 12.3. The van der Waals surface area contributed by atoms with Gasteiger partial charge in [0.05, 0.1) is 6.26 Å². The minimum atomic E-state index is -3.49. The molecule has 3 nitrogen and oxygen atoms in total. The molecule has 0 aliphatic heterocycles. The van der Waals surface area contributed by atoms with E-state index in [0.717, 1.165) is 11.8 Å². The number of benzene rings is 1. The molecule has 0 N–H and O–H groups in total. The van der Waals surface area contributed by atoms with E-state index >= 15 is 0 Å². The molecule has 84 valence electrons. The molecule has 0 saturated heterocycles. The van der Waals surface area contributed by atoms with Gasteiger partial charge in [-0.05, 0) is 17.5 Å². The third kappa shape index (κ3) is 3.72. The summed E-state index contributed by atoms with van der Waals surface area (Å²) in [4.78, 5) is 0. The van der Waals surface area contributed by atoms with Crippen molar-refractivity contribution >= 4 is 21.7 Å². The molecule has 0 heterocycles. The van der Waals surface area contributed by atoms with Gasteiger partial charge in [-0.25, -0.2) is 0 Å². The van der Waals surface area contributed by atoms with Crippen LogP contribution in [0.5, 0.6) is 5.75 Å². The van der Waals surface area contributed by atoms with Crippen molar-refractivity contribution in [1.29, 1.82) is 0 Å². The smallest absolute Gasteiger partial charge is 0.306 e. The second kappa shape index (κ2) is 4.41. The van der Waals surface area contributed by atoms with Gasteiger partial charge in [-0.2, -0.15) is 8.42 Å². The van der Waals surface area contributed by atoms with Crippen molar-refractivity contribution in [3.05, 3.63) is 28.8 Å². The van der Waals surface area contributed by atoms with Crippen molar-refractivity contribution in [1.82, 2.24) is 0 Å². The molecule has 0 saturated carbocycles. The molecule has 0 fully saturated rings. The van der Waals surface area contributed by atoms with E-state index in [1.807, 2.05) is 13.8 Å². The maximum Gasteiger partial charge on any atom is 0.306 e. The van der Waals surface area contributed by atoms with Crippen LogP contribution in [-0.4, -0.2) is 14.7 Å². The molecule has 0 aliphatic rings. The highest BCUT2D eigenvalue weighted by atomic mass is 35.5. The highest BCUT2D eigenvalue weighted by Crippen LogP contribution is 2.28. The van der Waals surface area contributed by atoms with Gasteiger partial charge in [-0.1, -0.05) is 31.5 Å². The van der Waals surface area contributed by atoms with E-state index in [-0.39, 0.29) is 5.75 Å². The van der Waals surface area contributed by atoms with Crippen LogP contribution in [0.15, 0.2) is 18.2 Å². The van der Waals surface area contributed by atoms with Crippen LogP contribution in [-0.2, 0) is 10.1 Å².